The molecule has 9 rings (SSSR count). The van der Waals surface area contributed by atoms with Crippen LogP contribution in [0, 0.1) is 20.8 Å². The average Bonchev–Trinajstić information content (AvgIpc) is 4.12. The van der Waals surface area contributed by atoms with Gasteiger partial charge in [0.25, 0.3) is 0 Å². The van der Waals surface area contributed by atoms with E-state index in [0.29, 0.717) is 66.9 Å². The molecule has 0 N–H and O–H groups in total. The van der Waals surface area contributed by atoms with Gasteiger partial charge in [-0.05, 0) is 72.1 Å². The Kier molecular flexibility index (Phi) is 19.6. The Hall–Kier alpha value is -6.73. The number of nitrogens with zero attached hydrogens (tertiary/aromatic N) is 9. The van der Waals surface area contributed by atoms with Crippen LogP contribution in [0.3, 0.4) is 0 Å². The molecule has 3 atom stereocenters. The molecule has 0 spiro atoms. The maximum Gasteiger partial charge on any atom is 3.00 e. The van der Waals surface area contributed by atoms with Crippen LogP contribution < -0.4 is 29.2 Å². The zero-order chi connectivity index (χ0) is 54.1. The van der Waals surface area contributed by atoms with E-state index < -0.39 is 70.7 Å². The summed E-state index contributed by atoms with van der Waals surface area (Å²) in [7, 11) is -4.71. The molecule has 0 fully saturated rings. The first-order chi connectivity index (χ1) is 35.5. The van der Waals surface area contributed by atoms with Crippen LogP contribution in [0.25, 0.3) is 33.1 Å². The summed E-state index contributed by atoms with van der Waals surface area (Å²) in [6.07, 6.45) is -9.31. The third kappa shape index (κ3) is 16.4. The summed E-state index contributed by atoms with van der Waals surface area (Å²) in [6, 6.07) is 25.4. The van der Waals surface area contributed by atoms with Gasteiger partial charge in [0.15, 0.2) is 19.8 Å². The second-order valence-electron chi connectivity index (χ2n) is 15.8. The number of ether oxygens (including phenoxy) is 3. The molecule has 0 aliphatic carbocycles. The number of para-hydroxylation sites is 6. The number of hydrogen-bond donors (Lipinski definition) is 0. The molecule has 76 heavy (non-hydrogen) atoms. The Balaban J connectivity index is 0.000000184. The van der Waals surface area contributed by atoms with Crippen LogP contribution in [-0.2, 0) is 49.7 Å². The number of rotatable bonds is 15. The van der Waals surface area contributed by atoms with Gasteiger partial charge in [0, 0.05) is 50.8 Å². The van der Waals surface area contributed by atoms with Crippen LogP contribution in [0.2, 0.25) is 0 Å². The van der Waals surface area contributed by atoms with E-state index in [9.17, 15) is 52.1 Å². The summed E-state index contributed by atoms with van der Waals surface area (Å²) in [5, 5.41) is 0.511. The van der Waals surface area contributed by atoms with E-state index in [-0.39, 0.29) is 67.3 Å². The van der Waals surface area contributed by atoms with Crippen molar-refractivity contribution >= 4 is 82.9 Å². The summed E-state index contributed by atoms with van der Waals surface area (Å²) < 4.78 is 163. The molecular formula is C48H39AlF9N9O6S3. The minimum Gasteiger partial charge on any atom is -0.484 e. The van der Waals surface area contributed by atoms with Crippen LogP contribution in [0.5, 0.6) is 17.2 Å². The number of benzene rings is 3. The first-order valence-electron chi connectivity index (χ1n) is 21.8. The number of halogens is 9. The van der Waals surface area contributed by atoms with E-state index in [0.717, 1.165) is 0 Å². The molecule has 15 nitrogen and oxygen atoms in total. The molecule has 9 aromatic rings. The summed E-state index contributed by atoms with van der Waals surface area (Å²) in [5.41, 5.74) is 6.20. The maximum absolute atomic E-state index is 12.5. The molecule has 0 aliphatic rings. The van der Waals surface area contributed by atoms with Crippen LogP contribution in [0.4, 0.5) is 39.5 Å². The van der Waals surface area contributed by atoms with E-state index in [1.807, 2.05) is 0 Å². The molecule has 0 aliphatic heterocycles. The topological polar surface area (TPSA) is 199 Å². The van der Waals surface area contributed by atoms with Gasteiger partial charge in [-0.1, -0.05) is 72.8 Å². The summed E-state index contributed by atoms with van der Waals surface area (Å²) in [6.45, 7) is 0.558. The van der Waals surface area contributed by atoms with Gasteiger partial charge in [0.05, 0.1) is 66.7 Å². The molecule has 0 radical (unpaired) electrons. The van der Waals surface area contributed by atoms with Crippen LogP contribution >= 0.6 is 0 Å². The number of alkyl halides is 9. The minimum atomic E-state index is -4.43. The van der Waals surface area contributed by atoms with Crippen molar-refractivity contribution < 1.29 is 66.4 Å². The molecule has 0 saturated carbocycles. The van der Waals surface area contributed by atoms with Crippen molar-refractivity contribution in [1.29, 1.82) is 0 Å². The third-order valence-electron chi connectivity index (χ3n) is 10.3. The van der Waals surface area contributed by atoms with Gasteiger partial charge in [-0.2, -0.15) is 39.5 Å². The van der Waals surface area contributed by atoms with Gasteiger partial charge in [0.1, 0.15) is 17.2 Å². The molecule has 6 aromatic heterocycles. The fourth-order valence-corrected chi connectivity index (χ4v) is 9.79. The average molecular weight is 1130 g/mol. The maximum atomic E-state index is 12.5. The minimum absolute atomic E-state index is 0. The van der Waals surface area contributed by atoms with E-state index >= 15 is 0 Å². The SMILES string of the molecule is Cc1c(OCC(F)(F)F)ccnc1CS(=O)c1nc2ccccc2[n-]1.Cc1c(OCC(F)(F)F)ccnc1CS(=O)c1nc2ccccc2[n-]1.Cc1c(OCC(F)(F)F)ccnc1CS(=O)c1nc2ccccc2[n-]1.[Al+3]. The van der Waals surface area contributed by atoms with Crippen molar-refractivity contribution in [3.8, 4) is 17.2 Å². The molecule has 0 saturated heterocycles. The van der Waals surface area contributed by atoms with E-state index in [4.69, 9.17) is 14.2 Å². The van der Waals surface area contributed by atoms with Crippen molar-refractivity contribution in [3.05, 3.63) is 143 Å². The predicted octanol–water partition coefficient (Wildman–Crippen LogP) is 9.05. The Morgan fingerprint density at radius 2 is 0.671 bits per heavy atom. The molecule has 3 aromatic carbocycles. The van der Waals surface area contributed by atoms with E-state index in [2.05, 4.69) is 44.9 Å². The first kappa shape index (κ1) is 58.5. The van der Waals surface area contributed by atoms with Gasteiger partial charge in [-0.25, -0.2) is 0 Å². The number of fused-ring (bicyclic) bond motifs is 3. The van der Waals surface area contributed by atoms with E-state index in [1.165, 1.54) is 36.8 Å². The van der Waals surface area contributed by atoms with Gasteiger partial charge < -0.3 is 44.1 Å². The Morgan fingerprint density at radius 3 is 0.908 bits per heavy atom. The molecule has 28 heteroatoms. The fraction of sp³-hybridized carbons (Fsp3) is 0.250. The molecule has 0 bridgehead atoms. The Bertz CT molecular complexity index is 3040. The zero-order valence-corrected chi connectivity index (χ0v) is 43.4. The number of aromatic nitrogens is 9. The van der Waals surface area contributed by atoms with Crippen molar-refractivity contribution in [2.45, 2.75) is 72.0 Å². The molecule has 0 amide bonds. The van der Waals surface area contributed by atoms with Crippen molar-refractivity contribution in [3.63, 3.8) is 0 Å². The van der Waals surface area contributed by atoms with Gasteiger partial charge in [-0.15, -0.1) is 0 Å². The molecule has 3 unspecified atom stereocenters. The second kappa shape index (κ2) is 25.4. The monoisotopic (exact) mass is 1130 g/mol. The fourth-order valence-electron chi connectivity index (χ4n) is 6.59. The number of hydrogen-bond acceptors (Lipinski definition) is 12. The van der Waals surface area contributed by atoms with Crippen LogP contribution in [0.1, 0.15) is 33.8 Å². The Labute approximate surface area is 444 Å². The van der Waals surface area contributed by atoms with Gasteiger partial charge in [-0.3, -0.25) is 27.6 Å². The quantitative estimate of drug-likeness (QED) is 0.0695. The van der Waals surface area contributed by atoms with Crippen LogP contribution in [-0.4, -0.2) is 98.2 Å². The van der Waals surface area contributed by atoms with Gasteiger partial charge in [0.2, 0.25) is 0 Å². The number of imidazole rings is 3. The molecular weight excluding hydrogens is 1090 g/mol. The summed E-state index contributed by atoms with van der Waals surface area (Å²) in [5.74, 6) is 0.163. The summed E-state index contributed by atoms with van der Waals surface area (Å²) >= 11 is 0. The number of pyridine rings is 3. The third-order valence-corrected chi connectivity index (χ3v) is 13.7. The van der Waals surface area contributed by atoms with Crippen molar-refractivity contribution in [2.75, 3.05) is 19.8 Å². The predicted molar refractivity (Wildman–Crippen MR) is 263 cm³/mol. The second-order valence-corrected chi connectivity index (χ2v) is 19.8. The van der Waals surface area contributed by atoms with Crippen molar-refractivity contribution in [2.24, 2.45) is 0 Å². The van der Waals surface area contributed by atoms with Crippen LogP contribution in [0.15, 0.2) is 125 Å². The molecule has 396 valence electrons. The van der Waals surface area contributed by atoms with E-state index in [1.54, 1.807) is 93.6 Å². The largest absolute Gasteiger partial charge is 3.00 e. The first-order valence-corrected chi connectivity index (χ1v) is 25.7. The smallest absolute Gasteiger partial charge is 0.484 e. The molecule has 6 heterocycles. The standard InChI is InChI=1S/3C16H13F3N3O2S.Al/c3*1-10-13(20-7-6-14(10)24-9-16(17,18)19)8-25(23)15-21-11-4-2-3-5-12(11)22-15;/h3*2-7H,8-9H2,1H3;/q3*-1;+3. The van der Waals surface area contributed by atoms with Crippen molar-refractivity contribution in [1.82, 2.24) is 44.9 Å². The normalized spacial score (nSPS) is 12.9. The van der Waals surface area contributed by atoms with Gasteiger partial charge >= 0.3 is 35.9 Å². The zero-order valence-electron chi connectivity index (χ0n) is 39.8. The summed E-state index contributed by atoms with van der Waals surface area (Å²) in [4.78, 5) is 37.5. The Morgan fingerprint density at radius 1 is 0.421 bits per heavy atom.